The highest BCUT2D eigenvalue weighted by Gasteiger charge is 2.42. The van der Waals surface area contributed by atoms with Crippen molar-refractivity contribution < 1.29 is 9.66 Å². The van der Waals surface area contributed by atoms with Crippen molar-refractivity contribution in [1.29, 1.82) is 0 Å². The van der Waals surface area contributed by atoms with E-state index in [0.717, 1.165) is 21.3 Å². The molecule has 2 aliphatic heterocycles. The molecule has 0 radical (unpaired) electrons. The van der Waals surface area contributed by atoms with E-state index >= 15 is 0 Å². The fourth-order valence-electron chi connectivity index (χ4n) is 3.94. The summed E-state index contributed by atoms with van der Waals surface area (Å²) >= 11 is 16.2. The summed E-state index contributed by atoms with van der Waals surface area (Å²) in [5.41, 5.74) is 3.33. The highest BCUT2D eigenvalue weighted by molar-refractivity contribution is 9.10. The third-order valence-corrected chi connectivity index (χ3v) is 6.38. The van der Waals surface area contributed by atoms with Crippen LogP contribution in [0.4, 0.5) is 5.69 Å². The Morgan fingerprint density at radius 1 is 1.13 bits per heavy atom. The van der Waals surface area contributed by atoms with Crippen LogP contribution in [0.2, 0.25) is 10.0 Å². The van der Waals surface area contributed by atoms with Gasteiger partial charge in [0.15, 0.2) is 0 Å². The van der Waals surface area contributed by atoms with E-state index in [1.54, 1.807) is 18.2 Å². The topological polar surface area (TPSA) is 68.0 Å². The molecule has 0 spiro atoms. The number of benzene rings is 3. The smallest absolute Gasteiger partial charge is 0.269 e. The van der Waals surface area contributed by atoms with Gasteiger partial charge in [-0.2, -0.15) is 5.10 Å². The lowest BCUT2D eigenvalue weighted by Gasteiger charge is -2.38. The molecule has 0 saturated carbocycles. The molecule has 6 nitrogen and oxygen atoms in total. The van der Waals surface area contributed by atoms with Gasteiger partial charge in [0.05, 0.1) is 21.7 Å². The Kier molecular flexibility index (Phi) is 5.12. The number of hydrogen-bond donors (Lipinski definition) is 0. The van der Waals surface area contributed by atoms with E-state index < -0.39 is 11.2 Å². The normalized spacial score (nSPS) is 19.3. The van der Waals surface area contributed by atoms with Gasteiger partial charge in [-0.1, -0.05) is 63.4 Å². The molecule has 0 fully saturated rings. The summed E-state index contributed by atoms with van der Waals surface area (Å²) in [5, 5.41) is 18.9. The lowest BCUT2D eigenvalue weighted by atomic mass is 9.96. The second kappa shape index (κ2) is 7.82. The molecule has 2 heterocycles. The fourth-order valence-corrected chi connectivity index (χ4v) is 4.76. The van der Waals surface area contributed by atoms with Crippen molar-refractivity contribution in [2.75, 3.05) is 0 Å². The first kappa shape index (κ1) is 20.3. The molecule has 0 saturated heterocycles. The maximum absolute atomic E-state index is 11.3. The zero-order valence-electron chi connectivity index (χ0n) is 15.8. The Bertz CT molecular complexity index is 1230. The second-order valence-corrected chi connectivity index (χ2v) is 9.04. The number of nitro groups is 1. The second-order valence-electron chi connectivity index (χ2n) is 7.28. The van der Waals surface area contributed by atoms with Gasteiger partial charge in [-0.05, 0) is 29.8 Å². The van der Waals surface area contributed by atoms with Crippen LogP contribution in [0, 0.1) is 10.1 Å². The highest BCUT2D eigenvalue weighted by atomic mass is 79.9. The molecule has 156 valence electrons. The maximum atomic E-state index is 11.3. The van der Waals surface area contributed by atoms with Gasteiger partial charge >= 0.3 is 0 Å². The maximum Gasteiger partial charge on any atom is 0.269 e. The van der Waals surface area contributed by atoms with Crippen molar-refractivity contribution in [2.45, 2.75) is 18.7 Å². The number of nitrogens with zero attached hydrogens (tertiary/aromatic N) is 3. The van der Waals surface area contributed by atoms with Gasteiger partial charge in [0, 0.05) is 39.2 Å². The fraction of sp³-hybridized carbons (Fsp3) is 0.136. The molecule has 5 rings (SSSR count). The van der Waals surface area contributed by atoms with Gasteiger partial charge in [-0.3, -0.25) is 10.1 Å². The number of hydrazone groups is 1. The Labute approximate surface area is 196 Å². The summed E-state index contributed by atoms with van der Waals surface area (Å²) < 4.78 is 7.23. The SMILES string of the molecule is O=[N+]([O-])c1cccc(C2Oc3c(Cl)cc(Cl)cc3C3CC(c4ccc(Br)cc4)=NN32)c1. The monoisotopic (exact) mass is 517 g/mol. The van der Waals surface area contributed by atoms with Gasteiger partial charge in [-0.25, -0.2) is 5.01 Å². The number of hydrogen-bond acceptors (Lipinski definition) is 5. The lowest BCUT2D eigenvalue weighted by Crippen LogP contribution is -2.33. The summed E-state index contributed by atoms with van der Waals surface area (Å²) in [7, 11) is 0. The summed E-state index contributed by atoms with van der Waals surface area (Å²) in [6.07, 6.45) is -0.0379. The molecular formula is C22H14BrCl2N3O3. The number of halogens is 3. The van der Waals surface area contributed by atoms with Crippen molar-refractivity contribution in [3.8, 4) is 5.75 Å². The molecule has 3 aromatic rings. The predicted molar refractivity (Wildman–Crippen MR) is 123 cm³/mol. The van der Waals surface area contributed by atoms with Crippen molar-refractivity contribution >= 4 is 50.5 Å². The molecular weight excluding hydrogens is 505 g/mol. The molecule has 0 aromatic heterocycles. The standard InChI is InChI=1S/C22H14BrCl2N3O3/c23-14-6-4-12(5-7-14)19-11-20-17-9-15(24)10-18(25)21(17)31-22(27(20)26-19)13-2-1-3-16(8-13)28(29)30/h1-10,20,22H,11H2. The van der Waals surface area contributed by atoms with Crippen LogP contribution in [0.1, 0.15) is 35.4 Å². The van der Waals surface area contributed by atoms with Gasteiger partial charge < -0.3 is 4.74 Å². The van der Waals surface area contributed by atoms with Crippen molar-refractivity contribution in [2.24, 2.45) is 5.10 Å². The Balaban J connectivity index is 1.63. The first-order valence-electron chi connectivity index (χ1n) is 9.42. The van der Waals surface area contributed by atoms with Crippen LogP contribution in [0.15, 0.2) is 70.2 Å². The number of ether oxygens (including phenoxy) is 1. The molecule has 0 aliphatic carbocycles. The third kappa shape index (κ3) is 3.67. The molecule has 2 atom stereocenters. The van der Waals surface area contributed by atoms with Crippen LogP contribution in [-0.4, -0.2) is 15.6 Å². The molecule has 2 unspecified atom stereocenters. The number of non-ortho nitro benzene ring substituents is 1. The lowest BCUT2D eigenvalue weighted by molar-refractivity contribution is -0.385. The van der Waals surface area contributed by atoms with Crippen LogP contribution in [-0.2, 0) is 0 Å². The van der Waals surface area contributed by atoms with E-state index in [9.17, 15) is 10.1 Å². The van der Waals surface area contributed by atoms with Crippen molar-refractivity contribution in [1.82, 2.24) is 5.01 Å². The first-order chi connectivity index (χ1) is 14.9. The summed E-state index contributed by atoms with van der Waals surface area (Å²) in [5.74, 6) is 0.524. The van der Waals surface area contributed by atoms with Gasteiger partial charge in [0.2, 0.25) is 6.23 Å². The highest BCUT2D eigenvalue weighted by Crippen LogP contribution is 2.51. The third-order valence-electron chi connectivity index (χ3n) is 5.35. The molecule has 0 amide bonds. The average molecular weight is 519 g/mol. The quantitative estimate of drug-likeness (QED) is 0.279. The minimum Gasteiger partial charge on any atom is -0.463 e. The van der Waals surface area contributed by atoms with Crippen molar-refractivity contribution in [3.63, 3.8) is 0 Å². The molecule has 0 bridgehead atoms. The Hall–Kier alpha value is -2.61. The predicted octanol–water partition coefficient (Wildman–Crippen LogP) is 6.91. The first-order valence-corrected chi connectivity index (χ1v) is 11.0. The van der Waals surface area contributed by atoms with Crippen LogP contribution in [0.25, 0.3) is 0 Å². The van der Waals surface area contributed by atoms with E-state index in [1.165, 1.54) is 12.1 Å². The average Bonchev–Trinajstić information content (AvgIpc) is 3.19. The van der Waals surface area contributed by atoms with Gasteiger partial charge in [0.1, 0.15) is 5.75 Å². The molecule has 2 aliphatic rings. The van der Waals surface area contributed by atoms with Crippen molar-refractivity contribution in [3.05, 3.63) is 102 Å². The molecule has 9 heteroatoms. The van der Waals surface area contributed by atoms with E-state index in [2.05, 4.69) is 15.9 Å². The van der Waals surface area contributed by atoms with Crippen LogP contribution < -0.4 is 4.74 Å². The van der Waals surface area contributed by atoms with Crippen LogP contribution >= 0.6 is 39.1 Å². The van der Waals surface area contributed by atoms with E-state index in [4.69, 9.17) is 33.0 Å². The van der Waals surface area contributed by atoms with Gasteiger partial charge in [0.25, 0.3) is 5.69 Å². The zero-order valence-corrected chi connectivity index (χ0v) is 18.9. The molecule has 3 aromatic carbocycles. The van der Waals surface area contributed by atoms with Gasteiger partial charge in [-0.15, -0.1) is 0 Å². The summed E-state index contributed by atoms with van der Waals surface area (Å²) in [6.45, 7) is 0. The summed E-state index contributed by atoms with van der Waals surface area (Å²) in [4.78, 5) is 10.9. The number of fused-ring (bicyclic) bond motifs is 3. The minimum absolute atomic E-state index is 0.0121. The van der Waals surface area contributed by atoms with E-state index in [0.29, 0.717) is 27.8 Å². The Morgan fingerprint density at radius 3 is 2.65 bits per heavy atom. The van der Waals surface area contributed by atoms with Crippen LogP contribution in [0.5, 0.6) is 5.75 Å². The Morgan fingerprint density at radius 2 is 1.90 bits per heavy atom. The summed E-state index contributed by atoms with van der Waals surface area (Å²) in [6, 6.07) is 17.6. The van der Waals surface area contributed by atoms with E-state index in [1.807, 2.05) is 35.3 Å². The zero-order chi connectivity index (χ0) is 21.7. The van der Waals surface area contributed by atoms with E-state index in [-0.39, 0.29) is 11.7 Å². The molecule has 0 N–H and O–H groups in total. The number of rotatable bonds is 3. The number of nitro benzene ring substituents is 1. The van der Waals surface area contributed by atoms with Crippen LogP contribution in [0.3, 0.4) is 0 Å². The minimum atomic E-state index is -0.663. The largest absolute Gasteiger partial charge is 0.463 e. The molecule has 31 heavy (non-hydrogen) atoms.